The summed E-state index contributed by atoms with van der Waals surface area (Å²) in [6, 6.07) is 7.46. The summed E-state index contributed by atoms with van der Waals surface area (Å²) in [6.45, 7) is 2.28. The van der Waals surface area contributed by atoms with Crippen LogP contribution in [0.15, 0.2) is 18.2 Å². The van der Waals surface area contributed by atoms with Gasteiger partial charge in [0, 0.05) is 18.1 Å². The van der Waals surface area contributed by atoms with Gasteiger partial charge in [-0.3, -0.25) is 0 Å². The Morgan fingerprint density at radius 3 is 2.84 bits per heavy atom. The summed E-state index contributed by atoms with van der Waals surface area (Å²) in [7, 11) is 0. The van der Waals surface area contributed by atoms with Crippen molar-refractivity contribution in [3.8, 4) is 6.07 Å². The lowest BCUT2D eigenvalue weighted by Gasteiger charge is -2.12. The third-order valence-electron chi connectivity index (χ3n) is 3.43. The minimum absolute atomic E-state index is 0.473. The van der Waals surface area contributed by atoms with Gasteiger partial charge in [0.05, 0.1) is 24.3 Å². The second-order valence-electron chi connectivity index (χ2n) is 4.87. The summed E-state index contributed by atoms with van der Waals surface area (Å²) in [6.07, 6.45) is 5.50. The first-order chi connectivity index (χ1) is 9.29. The molecule has 0 aromatic heterocycles. The molecule has 0 spiro atoms. The molecule has 0 atom stereocenters. The van der Waals surface area contributed by atoms with Crippen LogP contribution < -0.4 is 5.32 Å². The van der Waals surface area contributed by atoms with E-state index in [1.165, 1.54) is 25.7 Å². The number of ether oxygens (including phenoxy) is 1. The van der Waals surface area contributed by atoms with Crippen molar-refractivity contribution < 1.29 is 4.74 Å². The van der Waals surface area contributed by atoms with E-state index in [9.17, 15) is 0 Å². The number of hydrogen-bond acceptors (Lipinski definition) is 3. The predicted molar refractivity (Wildman–Crippen MR) is 76.1 cm³/mol. The second-order valence-corrected chi connectivity index (χ2v) is 5.28. The maximum Gasteiger partial charge on any atom is 0.0992 e. The van der Waals surface area contributed by atoms with Crippen molar-refractivity contribution in [2.24, 2.45) is 0 Å². The van der Waals surface area contributed by atoms with Gasteiger partial charge in [0.2, 0.25) is 0 Å². The van der Waals surface area contributed by atoms with Crippen LogP contribution in [0.4, 0.5) is 0 Å². The lowest BCUT2D eigenvalue weighted by Crippen LogP contribution is -2.22. The fraction of sp³-hybridized carbons (Fsp3) is 0.533. The highest BCUT2D eigenvalue weighted by Crippen LogP contribution is 2.20. The minimum Gasteiger partial charge on any atom is -0.377 e. The first-order valence-corrected chi connectivity index (χ1v) is 7.18. The van der Waals surface area contributed by atoms with Gasteiger partial charge < -0.3 is 10.1 Å². The molecule has 1 aromatic rings. The lowest BCUT2D eigenvalue weighted by atomic mass is 10.1. The number of halogens is 1. The molecule has 0 amide bonds. The van der Waals surface area contributed by atoms with E-state index < -0.39 is 0 Å². The van der Waals surface area contributed by atoms with Crippen molar-refractivity contribution in [1.29, 1.82) is 5.26 Å². The van der Waals surface area contributed by atoms with Crippen LogP contribution in [0.1, 0.15) is 36.8 Å². The molecule has 1 aromatic carbocycles. The van der Waals surface area contributed by atoms with Gasteiger partial charge in [0.25, 0.3) is 0 Å². The molecule has 0 heterocycles. The van der Waals surface area contributed by atoms with E-state index in [0.29, 0.717) is 23.2 Å². The summed E-state index contributed by atoms with van der Waals surface area (Å²) < 4.78 is 5.77. The van der Waals surface area contributed by atoms with Crippen LogP contribution in [0.2, 0.25) is 5.02 Å². The van der Waals surface area contributed by atoms with Gasteiger partial charge >= 0.3 is 0 Å². The molecule has 102 valence electrons. The van der Waals surface area contributed by atoms with Crippen molar-refractivity contribution in [3.63, 3.8) is 0 Å². The number of benzene rings is 1. The lowest BCUT2D eigenvalue weighted by molar-refractivity contribution is 0.0603. The van der Waals surface area contributed by atoms with Crippen LogP contribution in [0.5, 0.6) is 0 Å². The first kappa shape index (κ1) is 14.3. The van der Waals surface area contributed by atoms with Gasteiger partial charge in [0.15, 0.2) is 0 Å². The van der Waals surface area contributed by atoms with Gasteiger partial charge in [-0.1, -0.05) is 30.5 Å². The summed E-state index contributed by atoms with van der Waals surface area (Å²) in [4.78, 5) is 0. The molecule has 4 heteroatoms. The average Bonchev–Trinajstić information content (AvgIpc) is 2.93. The normalized spacial score (nSPS) is 15.6. The maximum absolute atomic E-state index is 8.76. The van der Waals surface area contributed by atoms with E-state index in [0.717, 1.165) is 18.7 Å². The zero-order valence-electron chi connectivity index (χ0n) is 11.0. The fourth-order valence-corrected chi connectivity index (χ4v) is 2.58. The Labute approximate surface area is 119 Å². The number of nitriles is 1. The first-order valence-electron chi connectivity index (χ1n) is 6.80. The van der Waals surface area contributed by atoms with Crippen molar-refractivity contribution in [2.75, 3.05) is 13.2 Å². The van der Waals surface area contributed by atoms with Crippen molar-refractivity contribution in [3.05, 3.63) is 34.3 Å². The molecular weight excluding hydrogens is 260 g/mol. The minimum atomic E-state index is 0.473. The highest BCUT2D eigenvalue weighted by Gasteiger charge is 2.14. The highest BCUT2D eigenvalue weighted by molar-refractivity contribution is 6.31. The third kappa shape index (κ3) is 4.50. The highest BCUT2D eigenvalue weighted by atomic mass is 35.5. The fourth-order valence-electron chi connectivity index (χ4n) is 2.34. The molecule has 1 aliphatic carbocycles. The van der Waals surface area contributed by atoms with E-state index in [-0.39, 0.29) is 0 Å². The Hall–Kier alpha value is -1.08. The largest absolute Gasteiger partial charge is 0.377 e. The molecule has 3 nitrogen and oxygen atoms in total. The van der Waals surface area contributed by atoms with E-state index >= 15 is 0 Å². The second kappa shape index (κ2) is 7.49. The van der Waals surface area contributed by atoms with Crippen LogP contribution in [-0.2, 0) is 11.3 Å². The Kier molecular flexibility index (Phi) is 5.65. The van der Waals surface area contributed by atoms with Crippen molar-refractivity contribution in [2.45, 2.75) is 38.3 Å². The van der Waals surface area contributed by atoms with E-state index in [4.69, 9.17) is 21.6 Å². The summed E-state index contributed by atoms with van der Waals surface area (Å²) in [5.41, 5.74) is 1.61. The zero-order valence-corrected chi connectivity index (χ0v) is 11.7. The smallest absolute Gasteiger partial charge is 0.0992 e. The Morgan fingerprint density at radius 2 is 2.16 bits per heavy atom. The Morgan fingerprint density at radius 1 is 1.37 bits per heavy atom. The molecule has 2 rings (SSSR count). The number of rotatable bonds is 6. The molecule has 0 saturated heterocycles. The number of nitrogens with zero attached hydrogens (tertiary/aromatic N) is 1. The topological polar surface area (TPSA) is 45.0 Å². The molecule has 1 N–H and O–H groups in total. The van der Waals surface area contributed by atoms with Gasteiger partial charge in [-0.25, -0.2) is 0 Å². The van der Waals surface area contributed by atoms with Gasteiger partial charge in [-0.2, -0.15) is 5.26 Å². The molecule has 1 saturated carbocycles. The number of nitrogens with one attached hydrogen (secondary N) is 1. The zero-order chi connectivity index (χ0) is 13.5. The van der Waals surface area contributed by atoms with Gasteiger partial charge in [-0.05, 0) is 30.5 Å². The Balaban J connectivity index is 1.66. The Bertz CT molecular complexity index is 450. The summed E-state index contributed by atoms with van der Waals surface area (Å²) >= 11 is 6.10. The van der Waals surface area contributed by atoms with E-state index in [2.05, 4.69) is 11.4 Å². The molecule has 19 heavy (non-hydrogen) atoms. The monoisotopic (exact) mass is 278 g/mol. The predicted octanol–water partition coefficient (Wildman–Crippen LogP) is 3.26. The summed E-state index contributed by atoms with van der Waals surface area (Å²) in [5, 5.41) is 12.7. The third-order valence-corrected chi connectivity index (χ3v) is 3.78. The van der Waals surface area contributed by atoms with Crippen molar-refractivity contribution >= 4 is 11.6 Å². The van der Waals surface area contributed by atoms with Crippen molar-refractivity contribution in [1.82, 2.24) is 5.32 Å². The standard InChI is InChI=1S/C15H19ClN2O/c16-15-9-12(10-17)5-6-13(15)11-18-7-8-19-14-3-1-2-4-14/h5-6,9,14,18H,1-4,7-8,11H2. The molecule has 0 unspecified atom stereocenters. The molecular formula is C15H19ClN2O. The van der Waals surface area contributed by atoms with E-state index in [1.807, 2.05) is 6.07 Å². The molecule has 0 aliphatic heterocycles. The molecule has 1 aliphatic rings. The van der Waals surface area contributed by atoms with Crippen LogP contribution >= 0.6 is 11.6 Å². The van der Waals surface area contributed by atoms with Crippen LogP contribution in [0.25, 0.3) is 0 Å². The van der Waals surface area contributed by atoms with Crippen LogP contribution in [-0.4, -0.2) is 19.3 Å². The van der Waals surface area contributed by atoms with Crippen LogP contribution in [0, 0.1) is 11.3 Å². The molecule has 0 radical (unpaired) electrons. The number of hydrogen-bond donors (Lipinski definition) is 1. The molecule has 0 bridgehead atoms. The van der Waals surface area contributed by atoms with E-state index in [1.54, 1.807) is 12.1 Å². The molecule has 1 fully saturated rings. The SMILES string of the molecule is N#Cc1ccc(CNCCOC2CCCC2)c(Cl)c1. The summed E-state index contributed by atoms with van der Waals surface area (Å²) in [5.74, 6) is 0. The quantitative estimate of drug-likeness (QED) is 0.813. The maximum atomic E-state index is 8.76. The van der Waals surface area contributed by atoms with Crippen LogP contribution in [0.3, 0.4) is 0 Å². The van der Waals surface area contributed by atoms with Gasteiger partial charge in [-0.15, -0.1) is 0 Å². The average molecular weight is 279 g/mol. The van der Waals surface area contributed by atoms with Gasteiger partial charge in [0.1, 0.15) is 0 Å².